The van der Waals surface area contributed by atoms with Crippen molar-refractivity contribution in [1.29, 1.82) is 0 Å². The van der Waals surface area contributed by atoms with Crippen LogP contribution < -0.4 is 0 Å². The van der Waals surface area contributed by atoms with E-state index in [0.29, 0.717) is 22.3 Å². The van der Waals surface area contributed by atoms with Gasteiger partial charge in [0.2, 0.25) is 0 Å². The van der Waals surface area contributed by atoms with E-state index in [2.05, 4.69) is 6.58 Å². The molecule has 0 aromatic rings. The van der Waals surface area contributed by atoms with Crippen LogP contribution in [0.2, 0.25) is 0 Å². The van der Waals surface area contributed by atoms with Gasteiger partial charge in [-0.25, -0.2) is 0 Å². The molecular formula is C19H28O2. The van der Waals surface area contributed by atoms with Gasteiger partial charge in [-0.15, -0.1) is 0 Å². The SMILES string of the molecule is C=CC1=C(/C=C\C)C(=O)C(=C/C)/C(=C\C)C1=O.CC.CC. The van der Waals surface area contributed by atoms with Gasteiger partial charge in [-0.2, -0.15) is 0 Å². The van der Waals surface area contributed by atoms with E-state index < -0.39 is 0 Å². The Kier molecular flexibility index (Phi) is 12.0. The van der Waals surface area contributed by atoms with Crippen molar-refractivity contribution in [2.24, 2.45) is 0 Å². The molecule has 0 spiro atoms. The Morgan fingerprint density at radius 3 is 1.43 bits per heavy atom. The Morgan fingerprint density at radius 2 is 1.14 bits per heavy atom. The van der Waals surface area contributed by atoms with Crippen LogP contribution in [-0.2, 0) is 9.59 Å². The summed E-state index contributed by atoms with van der Waals surface area (Å²) in [6, 6.07) is 0. The summed E-state index contributed by atoms with van der Waals surface area (Å²) in [6.07, 6.45) is 8.21. The summed E-state index contributed by atoms with van der Waals surface area (Å²) in [5, 5.41) is 0. The van der Waals surface area contributed by atoms with Crippen LogP contribution >= 0.6 is 0 Å². The molecule has 0 aliphatic heterocycles. The third kappa shape index (κ3) is 4.82. The average Bonchev–Trinajstić information content (AvgIpc) is 2.54. The first kappa shape index (κ1) is 21.3. The van der Waals surface area contributed by atoms with Gasteiger partial charge >= 0.3 is 0 Å². The maximum absolute atomic E-state index is 12.2. The lowest BCUT2D eigenvalue weighted by Crippen LogP contribution is -2.23. The first-order chi connectivity index (χ1) is 10.1. The molecule has 0 atom stereocenters. The van der Waals surface area contributed by atoms with Gasteiger partial charge in [-0.3, -0.25) is 9.59 Å². The van der Waals surface area contributed by atoms with Gasteiger partial charge in [0.1, 0.15) is 0 Å². The highest BCUT2D eigenvalue weighted by Crippen LogP contribution is 2.29. The molecular weight excluding hydrogens is 260 g/mol. The molecule has 2 nitrogen and oxygen atoms in total. The zero-order chi connectivity index (χ0) is 17.0. The molecule has 1 aliphatic rings. The fraction of sp³-hybridized carbons (Fsp3) is 0.368. The Balaban J connectivity index is 0. The van der Waals surface area contributed by atoms with Gasteiger partial charge in [0, 0.05) is 22.3 Å². The third-order valence-corrected chi connectivity index (χ3v) is 2.67. The molecule has 0 radical (unpaired) electrons. The first-order valence-electron chi connectivity index (χ1n) is 7.54. The summed E-state index contributed by atoms with van der Waals surface area (Å²) in [4.78, 5) is 24.4. The van der Waals surface area contributed by atoms with Gasteiger partial charge in [0.25, 0.3) is 0 Å². The van der Waals surface area contributed by atoms with Crippen LogP contribution in [0.15, 0.2) is 59.3 Å². The Morgan fingerprint density at radius 1 is 0.762 bits per heavy atom. The number of Topliss-reactive ketones (excluding diaryl/α,β-unsaturated/α-hetero) is 2. The lowest BCUT2D eigenvalue weighted by molar-refractivity contribution is -0.116. The molecule has 1 rings (SSSR count). The van der Waals surface area contributed by atoms with Crippen LogP contribution in [-0.4, -0.2) is 11.6 Å². The molecule has 21 heavy (non-hydrogen) atoms. The number of hydrogen-bond donors (Lipinski definition) is 0. The lowest BCUT2D eigenvalue weighted by atomic mass is 9.81. The maximum atomic E-state index is 12.2. The molecule has 0 aromatic carbocycles. The normalized spacial score (nSPS) is 18.4. The molecule has 0 saturated heterocycles. The predicted molar refractivity (Wildman–Crippen MR) is 92.3 cm³/mol. The van der Waals surface area contributed by atoms with E-state index in [4.69, 9.17) is 0 Å². The van der Waals surface area contributed by atoms with Gasteiger partial charge in [-0.05, 0) is 20.8 Å². The summed E-state index contributed by atoms with van der Waals surface area (Å²) in [6.45, 7) is 16.9. The molecule has 0 unspecified atom stereocenters. The monoisotopic (exact) mass is 288 g/mol. The fourth-order valence-corrected chi connectivity index (χ4v) is 1.89. The predicted octanol–water partition coefficient (Wildman–Crippen LogP) is 5.14. The van der Waals surface area contributed by atoms with Crippen molar-refractivity contribution in [3.63, 3.8) is 0 Å². The molecule has 2 heteroatoms. The number of ketones is 2. The second-order valence-corrected chi connectivity index (χ2v) is 3.59. The zero-order valence-corrected chi connectivity index (χ0v) is 14.4. The Labute approximate surface area is 129 Å². The van der Waals surface area contributed by atoms with Crippen LogP contribution in [0.1, 0.15) is 48.5 Å². The van der Waals surface area contributed by atoms with Crippen LogP contribution in [0.4, 0.5) is 0 Å². The van der Waals surface area contributed by atoms with Crippen LogP contribution in [0.5, 0.6) is 0 Å². The topological polar surface area (TPSA) is 34.1 Å². The summed E-state index contributed by atoms with van der Waals surface area (Å²) in [5.41, 5.74) is 1.73. The van der Waals surface area contributed by atoms with Gasteiger partial charge in [-0.1, -0.05) is 64.7 Å². The summed E-state index contributed by atoms with van der Waals surface area (Å²) >= 11 is 0. The fourth-order valence-electron chi connectivity index (χ4n) is 1.89. The van der Waals surface area contributed by atoms with Crippen molar-refractivity contribution in [2.45, 2.75) is 48.5 Å². The molecule has 0 N–H and O–H groups in total. The van der Waals surface area contributed by atoms with Crippen molar-refractivity contribution in [2.75, 3.05) is 0 Å². The highest BCUT2D eigenvalue weighted by atomic mass is 16.1. The molecule has 0 saturated carbocycles. The third-order valence-electron chi connectivity index (χ3n) is 2.67. The number of carbonyl (C=O) groups excluding carboxylic acids is 2. The second kappa shape index (κ2) is 11.8. The molecule has 0 fully saturated rings. The molecule has 0 amide bonds. The van der Waals surface area contributed by atoms with Crippen molar-refractivity contribution < 1.29 is 9.59 Å². The van der Waals surface area contributed by atoms with E-state index in [1.807, 2.05) is 34.6 Å². The van der Waals surface area contributed by atoms with E-state index in [9.17, 15) is 9.59 Å². The number of rotatable bonds is 2. The van der Waals surface area contributed by atoms with Crippen molar-refractivity contribution in [3.05, 3.63) is 59.3 Å². The minimum atomic E-state index is -0.136. The minimum absolute atomic E-state index is 0.117. The lowest BCUT2D eigenvalue weighted by Gasteiger charge is -2.19. The van der Waals surface area contributed by atoms with E-state index in [0.717, 1.165) is 0 Å². The van der Waals surface area contributed by atoms with Gasteiger partial charge in [0.15, 0.2) is 11.6 Å². The Hall–Kier alpha value is -1.96. The number of carbonyl (C=O) groups is 2. The molecule has 0 aromatic heterocycles. The van der Waals surface area contributed by atoms with E-state index in [-0.39, 0.29) is 11.6 Å². The van der Waals surface area contributed by atoms with E-state index in [1.54, 1.807) is 38.2 Å². The van der Waals surface area contributed by atoms with Crippen molar-refractivity contribution in [1.82, 2.24) is 0 Å². The van der Waals surface area contributed by atoms with E-state index >= 15 is 0 Å². The average molecular weight is 288 g/mol. The van der Waals surface area contributed by atoms with Crippen molar-refractivity contribution in [3.8, 4) is 0 Å². The first-order valence-corrected chi connectivity index (χ1v) is 7.54. The van der Waals surface area contributed by atoms with E-state index in [1.165, 1.54) is 6.08 Å². The number of hydrogen-bond acceptors (Lipinski definition) is 2. The summed E-state index contributed by atoms with van der Waals surface area (Å²) < 4.78 is 0. The smallest absolute Gasteiger partial charge is 0.194 e. The molecule has 116 valence electrons. The summed E-state index contributed by atoms with van der Waals surface area (Å²) in [7, 11) is 0. The quantitative estimate of drug-likeness (QED) is 0.659. The van der Waals surface area contributed by atoms with Crippen LogP contribution in [0.25, 0.3) is 0 Å². The summed E-state index contributed by atoms with van der Waals surface area (Å²) in [5.74, 6) is -0.253. The second-order valence-electron chi connectivity index (χ2n) is 3.59. The standard InChI is InChI=1S/C15H16O2.2C2H6/c1-5-9-13-12(8-4)14(16)10(6-2)11(7-3)15(13)17;2*1-2/h5-9H,4H2,1-3H3;2*1-2H3/b9-5-,10-6+,11-7+;;. The maximum Gasteiger partial charge on any atom is 0.194 e. The molecule has 0 heterocycles. The Bertz CT molecular complexity index is 498. The molecule has 1 aliphatic carbocycles. The molecule has 0 bridgehead atoms. The number of allylic oxidation sites excluding steroid dienone is 9. The van der Waals surface area contributed by atoms with Crippen LogP contribution in [0.3, 0.4) is 0 Å². The van der Waals surface area contributed by atoms with Gasteiger partial charge < -0.3 is 0 Å². The van der Waals surface area contributed by atoms with Crippen molar-refractivity contribution >= 4 is 11.6 Å². The minimum Gasteiger partial charge on any atom is -0.289 e. The highest BCUT2D eigenvalue weighted by molar-refractivity contribution is 6.31. The largest absolute Gasteiger partial charge is 0.289 e. The van der Waals surface area contributed by atoms with Crippen LogP contribution in [0, 0.1) is 0 Å². The highest BCUT2D eigenvalue weighted by Gasteiger charge is 2.31. The zero-order valence-electron chi connectivity index (χ0n) is 14.4. The van der Waals surface area contributed by atoms with Gasteiger partial charge in [0.05, 0.1) is 0 Å².